The van der Waals surface area contributed by atoms with Gasteiger partial charge in [-0.1, -0.05) is 0 Å². The van der Waals surface area contributed by atoms with Gasteiger partial charge in [-0.05, 0) is 0 Å². The summed E-state index contributed by atoms with van der Waals surface area (Å²) in [4.78, 5) is 24.7. The monoisotopic (exact) mass is 525 g/mol. The molecule has 0 aromatic rings. The molecule has 1 heterocycles. The van der Waals surface area contributed by atoms with Gasteiger partial charge in [-0.2, -0.15) is 0 Å². The summed E-state index contributed by atoms with van der Waals surface area (Å²) in [6.07, 6.45) is 0.125. The van der Waals surface area contributed by atoms with Gasteiger partial charge in [0.15, 0.2) is 5.83 Å². The first-order valence-electron chi connectivity index (χ1n) is 11.6. The maximum atomic E-state index is 12.4. The SMILES string of the molecule is NCCN1C(=O)C=C(COCC(O)NCCOCCOCCOCCOCCOC/C(F)=C/F)C1=O. The molecule has 1 unspecified atom stereocenters. The van der Waals surface area contributed by atoms with Crippen molar-refractivity contribution in [1.82, 2.24) is 10.2 Å². The molecule has 0 spiro atoms. The van der Waals surface area contributed by atoms with Crippen LogP contribution in [0.4, 0.5) is 8.78 Å². The smallest absolute Gasteiger partial charge is 0.259 e. The van der Waals surface area contributed by atoms with Crippen LogP contribution >= 0.6 is 0 Å². The predicted octanol–water partition coefficient (Wildman–Crippen LogP) is -0.972. The van der Waals surface area contributed by atoms with Crippen molar-refractivity contribution in [3.63, 3.8) is 0 Å². The van der Waals surface area contributed by atoms with E-state index >= 15 is 0 Å². The molecule has 0 saturated carbocycles. The Labute approximate surface area is 209 Å². The van der Waals surface area contributed by atoms with Gasteiger partial charge in [0.05, 0.1) is 72.7 Å². The fourth-order valence-electron chi connectivity index (χ4n) is 2.72. The van der Waals surface area contributed by atoms with Crippen molar-refractivity contribution in [3.8, 4) is 0 Å². The van der Waals surface area contributed by atoms with E-state index in [0.717, 1.165) is 4.90 Å². The van der Waals surface area contributed by atoms with Crippen molar-refractivity contribution in [3.05, 3.63) is 23.8 Å². The zero-order chi connectivity index (χ0) is 26.4. The normalized spacial score (nSPS) is 15.2. The molecule has 1 rings (SSSR count). The lowest BCUT2D eigenvalue weighted by molar-refractivity contribution is -0.137. The molecule has 1 aliphatic rings. The lowest BCUT2D eigenvalue weighted by atomic mass is 10.3. The molecule has 0 aromatic carbocycles. The number of carbonyl (C=O) groups is 2. The maximum absolute atomic E-state index is 12.4. The van der Waals surface area contributed by atoms with Crippen molar-refractivity contribution in [2.24, 2.45) is 5.73 Å². The van der Waals surface area contributed by atoms with Crippen molar-refractivity contribution in [2.75, 3.05) is 98.9 Å². The number of aliphatic hydroxyl groups excluding tert-OH is 1. The number of ether oxygens (including phenoxy) is 6. The van der Waals surface area contributed by atoms with Gasteiger partial charge in [0.1, 0.15) is 19.2 Å². The highest BCUT2D eigenvalue weighted by Crippen LogP contribution is 2.12. The Morgan fingerprint density at radius 2 is 1.53 bits per heavy atom. The Hall–Kier alpha value is -1.88. The van der Waals surface area contributed by atoms with E-state index in [1.54, 1.807) is 0 Å². The molecule has 1 aliphatic heterocycles. The molecule has 0 aliphatic carbocycles. The molecule has 12 nitrogen and oxygen atoms in total. The molecule has 0 fully saturated rings. The summed E-state index contributed by atoms with van der Waals surface area (Å²) in [5.41, 5.74) is 5.60. The Bertz CT molecular complexity index is 683. The Morgan fingerprint density at radius 1 is 0.972 bits per heavy atom. The molecule has 1 atom stereocenters. The highest BCUT2D eigenvalue weighted by Gasteiger charge is 2.30. The minimum atomic E-state index is -0.967. The highest BCUT2D eigenvalue weighted by molar-refractivity contribution is 6.16. The first-order valence-corrected chi connectivity index (χ1v) is 11.6. The minimum absolute atomic E-state index is 0.0599. The van der Waals surface area contributed by atoms with Crippen molar-refractivity contribution < 1.29 is 51.9 Å². The number of hydrogen-bond acceptors (Lipinski definition) is 11. The van der Waals surface area contributed by atoms with Crippen LogP contribution in [0, 0.1) is 0 Å². The van der Waals surface area contributed by atoms with Crippen LogP contribution in [0.15, 0.2) is 23.8 Å². The van der Waals surface area contributed by atoms with E-state index < -0.39 is 30.5 Å². The van der Waals surface area contributed by atoms with Crippen molar-refractivity contribution >= 4 is 11.8 Å². The Balaban J connectivity index is 1.83. The highest BCUT2D eigenvalue weighted by atomic mass is 19.2. The van der Waals surface area contributed by atoms with Gasteiger partial charge in [-0.3, -0.25) is 19.8 Å². The average molecular weight is 526 g/mol. The van der Waals surface area contributed by atoms with Crippen LogP contribution in [0.2, 0.25) is 0 Å². The van der Waals surface area contributed by atoms with Crippen LogP contribution in [0.3, 0.4) is 0 Å². The average Bonchev–Trinajstić information content (AvgIpc) is 3.13. The molecule has 0 radical (unpaired) electrons. The van der Waals surface area contributed by atoms with E-state index in [4.69, 9.17) is 34.2 Å². The molecule has 36 heavy (non-hydrogen) atoms. The molecule has 14 heteroatoms. The number of imide groups is 1. The van der Waals surface area contributed by atoms with E-state index in [2.05, 4.69) is 5.32 Å². The molecule has 2 amide bonds. The predicted molar refractivity (Wildman–Crippen MR) is 123 cm³/mol. The topological polar surface area (TPSA) is 151 Å². The van der Waals surface area contributed by atoms with Gasteiger partial charge in [0.2, 0.25) is 0 Å². The van der Waals surface area contributed by atoms with Crippen LogP contribution in [0.25, 0.3) is 0 Å². The lowest BCUT2D eigenvalue weighted by Crippen LogP contribution is -2.37. The number of nitrogens with two attached hydrogens (primary N) is 1. The zero-order valence-electron chi connectivity index (χ0n) is 20.3. The number of hydrogen-bond donors (Lipinski definition) is 3. The lowest BCUT2D eigenvalue weighted by Gasteiger charge is -2.15. The molecule has 4 N–H and O–H groups in total. The van der Waals surface area contributed by atoms with Crippen LogP contribution < -0.4 is 11.1 Å². The van der Waals surface area contributed by atoms with E-state index in [-0.39, 0.29) is 51.4 Å². The van der Waals surface area contributed by atoms with Gasteiger partial charge >= 0.3 is 0 Å². The second-order valence-electron chi connectivity index (χ2n) is 7.30. The fraction of sp³-hybridized carbons (Fsp3) is 0.727. The minimum Gasteiger partial charge on any atom is -0.378 e. The number of halogens is 2. The van der Waals surface area contributed by atoms with Gasteiger partial charge in [-0.25, -0.2) is 8.78 Å². The number of carbonyl (C=O) groups excluding carboxylic acids is 2. The van der Waals surface area contributed by atoms with Crippen LogP contribution in [-0.4, -0.2) is 127 Å². The van der Waals surface area contributed by atoms with Crippen LogP contribution in [-0.2, 0) is 38.0 Å². The van der Waals surface area contributed by atoms with Crippen LogP contribution in [0.1, 0.15) is 0 Å². The molecular formula is C22H37F2N3O9. The van der Waals surface area contributed by atoms with E-state index in [0.29, 0.717) is 52.8 Å². The summed E-state index contributed by atoms with van der Waals surface area (Å²) in [5.74, 6) is -1.80. The molecular weight excluding hydrogens is 488 g/mol. The summed E-state index contributed by atoms with van der Waals surface area (Å²) in [7, 11) is 0. The quantitative estimate of drug-likeness (QED) is 0.0811. The summed E-state index contributed by atoms with van der Waals surface area (Å²) in [5, 5.41) is 12.7. The molecule has 0 saturated heterocycles. The third-order valence-corrected chi connectivity index (χ3v) is 4.44. The summed E-state index contributed by atoms with van der Waals surface area (Å²) < 4.78 is 55.5. The largest absolute Gasteiger partial charge is 0.378 e. The number of nitrogens with one attached hydrogen (secondary N) is 1. The second-order valence-corrected chi connectivity index (χ2v) is 7.30. The fourth-order valence-corrected chi connectivity index (χ4v) is 2.72. The summed E-state index contributed by atoms with van der Waals surface area (Å²) in [6.45, 7) is 3.20. The van der Waals surface area contributed by atoms with Crippen molar-refractivity contribution in [2.45, 2.75) is 6.23 Å². The van der Waals surface area contributed by atoms with E-state index in [1.165, 1.54) is 6.08 Å². The number of nitrogens with zero attached hydrogens (tertiary/aromatic N) is 1. The van der Waals surface area contributed by atoms with E-state index in [1.807, 2.05) is 0 Å². The summed E-state index contributed by atoms with van der Waals surface area (Å²) in [6, 6.07) is 0. The Morgan fingerprint density at radius 3 is 2.08 bits per heavy atom. The van der Waals surface area contributed by atoms with Gasteiger partial charge in [0, 0.05) is 31.3 Å². The van der Waals surface area contributed by atoms with Gasteiger partial charge < -0.3 is 39.3 Å². The standard InChI is InChI=1S/C22H37F2N3O9/c23-14-19(24)16-35-12-11-34-10-9-33-8-7-32-6-5-31-4-2-26-20(28)17-36-15-18-13-21(29)27(3-1-25)22(18)30/h13-14,20,26,28H,1-12,15-17,25H2/b19-14-. The number of rotatable bonds is 24. The second kappa shape index (κ2) is 21.2. The van der Waals surface area contributed by atoms with Gasteiger partial charge in [0.25, 0.3) is 11.8 Å². The first-order chi connectivity index (χ1) is 17.5. The zero-order valence-corrected chi connectivity index (χ0v) is 20.3. The van der Waals surface area contributed by atoms with Crippen molar-refractivity contribution in [1.29, 1.82) is 0 Å². The number of amides is 2. The molecule has 0 aromatic heterocycles. The third kappa shape index (κ3) is 15.3. The third-order valence-electron chi connectivity index (χ3n) is 4.44. The maximum Gasteiger partial charge on any atom is 0.259 e. The molecule has 208 valence electrons. The van der Waals surface area contributed by atoms with Gasteiger partial charge in [-0.15, -0.1) is 0 Å². The number of aliphatic hydroxyl groups is 1. The van der Waals surface area contributed by atoms with Crippen LogP contribution in [0.5, 0.6) is 0 Å². The van der Waals surface area contributed by atoms with E-state index in [9.17, 15) is 23.5 Å². The summed E-state index contributed by atoms with van der Waals surface area (Å²) >= 11 is 0. The molecule has 0 bridgehead atoms. The first kappa shape index (κ1) is 32.1. The Kier molecular flexibility index (Phi) is 19.0.